The number of amides is 1. The monoisotopic (exact) mass is 251 g/mol. The van der Waals surface area contributed by atoms with Crippen molar-refractivity contribution in [1.82, 2.24) is 0 Å². The molecule has 0 aromatic heterocycles. The van der Waals surface area contributed by atoms with E-state index >= 15 is 0 Å². The van der Waals surface area contributed by atoms with Crippen LogP contribution in [0.1, 0.15) is 0 Å². The highest BCUT2D eigenvalue weighted by Gasteiger charge is 2.13. The molecule has 0 bridgehead atoms. The Balaban J connectivity index is 2.65. The SMILES string of the molecule is O=C(Nc1cccc(Cl)c1)C(Cl)CCl. The molecule has 1 atom stereocenters. The summed E-state index contributed by atoms with van der Waals surface area (Å²) >= 11 is 16.8. The van der Waals surface area contributed by atoms with E-state index in [0.29, 0.717) is 10.7 Å². The summed E-state index contributed by atoms with van der Waals surface area (Å²) in [7, 11) is 0. The number of anilines is 1. The van der Waals surface area contributed by atoms with Crippen molar-refractivity contribution >= 4 is 46.4 Å². The fraction of sp³-hybridized carbons (Fsp3) is 0.222. The summed E-state index contributed by atoms with van der Waals surface area (Å²) in [6.45, 7) is 0. The Morgan fingerprint density at radius 3 is 2.79 bits per heavy atom. The molecule has 1 unspecified atom stereocenters. The van der Waals surface area contributed by atoms with E-state index in [1.165, 1.54) is 0 Å². The average molecular weight is 253 g/mol. The van der Waals surface area contributed by atoms with Crippen molar-refractivity contribution in [3.8, 4) is 0 Å². The molecular formula is C9H8Cl3NO. The quantitative estimate of drug-likeness (QED) is 0.823. The maximum Gasteiger partial charge on any atom is 0.243 e. The van der Waals surface area contributed by atoms with E-state index in [9.17, 15) is 4.79 Å². The Morgan fingerprint density at radius 1 is 1.50 bits per heavy atom. The molecule has 0 aliphatic carbocycles. The van der Waals surface area contributed by atoms with Crippen LogP contribution in [0.25, 0.3) is 0 Å². The molecule has 0 saturated carbocycles. The Labute approximate surface area is 97.1 Å². The standard InChI is InChI=1S/C9H8Cl3NO/c10-5-8(12)9(14)13-7-3-1-2-6(11)4-7/h1-4,8H,5H2,(H,13,14). The smallest absolute Gasteiger partial charge is 0.243 e. The fourth-order valence-electron chi connectivity index (χ4n) is 0.857. The Bertz CT molecular complexity index is 330. The minimum Gasteiger partial charge on any atom is -0.325 e. The highest BCUT2D eigenvalue weighted by Crippen LogP contribution is 2.15. The molecule has 1 aromatic rings. The number of halogens is 3. The van der Waals surface area contributed by atoms with Crippen LogP contribution in [-0.4, -0.2) is 17.2 Å². The summed E-state index contributed by atoms with van der Waals surface area (Å²) < 4.78 is 0. The molecule has 0 saturated heterocycles. The molecule has 0 spiro atoms. The minimum absolute atomic E-state index is 0.0773. The summed E-state index contributed by atoms with van der Waals surface area (Å²) in [5, 5.41) is 2.42. The third-order valence-electron chi connectivity index (χ3n) is 1.51. The van der Waals surface area contributed by atoms with Crippen molar-refractivity contribution in [2.75, 3.05) is 11.2 Å². The van der Waals surface area contributed by atoms with Crippen molar-refractivity contribution < 1.29 is 4.79 Å². The Kier molecular flexibility index (Phi) is 4.52. The predicted molar refractivity (Wildman–Crippen MR) is 60.4 cm³/mol. The number of nitrogens with one attached hydrogen (secondary N) is 1. The van der Waals surface area contributed by atoms with Crippen molar-refractivity contribution in [1.29, 1.82) is 0 Å². The van der Waals surface area contributed by atoms with E-state index in [4.69, 9.17) is 34.8 Å². The topological polar surface area (TPSA) is 29.1 Å². The second-order valence-electron chi connectivity index (χ2n) is 2.62. The molecule has 2 nitrogen and oxygen atoms in total. The van der Waals surface area contributed by atoms with Crippen LogP contribution in [0.3, 0.4) is 0 Å². The second-order valence-corrected chi connectivity index (χ2v) is 3.89. The van der Waals surface area contributed by atoms with Gasteiger partial charge in [-0.3, -0.25) is 4.79 Å². The van der Waals surface area contributed by atoms with Gasteiger partial charge in [-0.2, -0.15) is 0 Å². The lowest BCUT2D eigenvalue weighted by Gasteiger charge is -2.07. The van der Waals surface area contributed by atoms with Gasteiger partial charge >= 0.3 is 0 Å². The number of rotatable bonds is 3. The molecule has 14 heavy (non-hydrogen) atoms. The number of carbonyl (C=O) groups is 1. The maximum absolute atomic E-state index is 11.3. The molecule has 0 aliphatic heterocycles. The molecule has 76 valence electrons. The predicted octanol–water partition coefficient (Wildman–Crippen LogP) is 3.12. The van der Waals surface area contributed by atoms with Gasteiger partial charge in [0, 0.05) is 16.6 Å². The molecule has 5 heteroatoms. The third kappa shape index (κ3) is 3.37. The van der Waals surface area contributed by atoms with Crippen molar-refractivity contribution in [3.05, 3.63) is 29.3 Å². The van der Waals surface area contributed by atoms with Crippen LogP contribution in [0.15, 0.2) is 24.3 Å². The highest BCUT2D eigenvalue weighted by atomic mass is 35.5. The Hall–Kier alpha value is -0.440. The zero-order valence-corrected chi connectivity index (χ0v) is 9.40. The highest BCUT2D eigenvalue weighted by molar-refractivity contribution is 6.37. The van der Waals surface area contributed by atoms with Crippen molar-refractivity contribution in [2.24, 2.45) is 0 Å². The fourth-order valence-corrected chi connectivity index (χ4v) is 1.24. The van der Waals surface area contributed by atoms with E-state index in [2.05, 4.69) is 5.32 Å². The van der Waals surface area contributed by atoms with Gasteiger partial charge in [0.15, 0.2) is 0 Å². The van der Waals surface area contributed by atoms with Gasteiger partial charge in [-0.25, -0.2) is 0 Å². The zero-order chi connectivity index (χ0) is 10.6. The lowest BCUT2D eigenvalue weighted by atomic mass is 10.3. The number of hydrogen-bond donors (Lipinski definition) is 1. The number of hydrogen-bond acceptors (Lipinski definition) is 1. The van der Waals surface area contributed by atoms with Gasteiger partial charge in [-0.1, -0.05) is 17.7 Å². The van der Waals surface area contributed by atoms with Crippen molar-refractivity contribution in [2.45, 2.75) is 5.38 Å². The Morgan fingerprint density at radius 2 is 2.21 bits per heavy atom. The van der Waals surface area contributed by atoms with E-state index in [0.717, 1.165) is 0 Å². The van der Waals surface area contributed by atoms with Crippen LogP contribution in [0, 0.1) is 0 Å². The van der Waals surface area contributed by atoms with Crippen LogP contribution in [0.5, 0.6) is 0 Å². The molecule has 0 radical (unpaired) electrons. The van der Waals surface area contributed by atoms with Gasteiger partial charge in [0.05, 0.1) is 0 Å². The number of benzene rings is 1. The zero-order valence-electron chi connectivity index (χ0n) is 7.14. The second kappa shape index (κ2) is 5.44. The molecule has 1 rings (SSSR count). The molecule has 0 aliphatic rings. The van der Waals surface area contributed by atoms with Crippen LogP contribution in [0.4, 0.5) is 5.69 Å². The molecule has 1 aromatic carbocycles. The van der Waals surface area contributed by atoms with Crippen LogP contribution in [-0.2, 0) is 4.79 Å². The lowest BCUT2D eigenvalue weighted by molar-refractivity contribution is -0.115. The van der Waals surface area contributed by atoms with Gasteiger partial charge in [0.1, 0.15) is 5.38 Å². The van der Waals surface area contributed by atoms with Crippen LogP contribution in [0.2, 0.25) is 5.02 Å². The summed E-state index contributed by atoms with van der Waals surface area (Å²) in [6, 6.07) is 6.82. The molecule has 0 heterocycles. The third-order valence-corrected chi connectivity index (χ3v) is 2.57. The van der Waals surface area contributed by atoms with Crippen LogP contribution >= 0.6 is 34.8 Å². The first-order chi connectivity index (χ1) is 6.63. The summed E-state index contributed by atoms with van der Waals surface area (Å²) in [6.07, 6.45) is 0. The van der Waals surface area contributed by atoms with Gasteiger partial charge in [0.25, 0.3) is 0 Å². The molecule has 1 N–H and O–H groups in total. The maximum atomic E-state index is 11.3. The normalized spacial score (nSPS) is 12.2. The van der Waals surface area contributed by atoms with Gasteiger partial charge < -0.3 is 5.32 Å². The summed E-state index contributed by atoms with van der Waals surface area (Å²) in [5.41, 5.74) is 0.610. The first-order valence-corrected chi connectivity index (χ1v) is 5.25. The van der Waals surface area contributed by atoms with Crippen molar-refractivity contribution in [3.63, 3.8) is 0 Å². The molecular weight excluding hydrogens is 244 g/mol. The molecule has 1 amide bonds. The van der Waals surface area contributed by atoms with Crippen LogP contribution < -0.4 is 5.32 Å². The summed E-state index contributed by atoms with van der Waals surface area (Å²) in [4.78, 5) is 11.3. The van der Waals surface area contributed by atoms with Gasteiger partial charge in [-0.05, 0) is 18.2 Å². The van der Waals surface area contributed by atoms with E-state index < -0.39 is 5.38 Å². The number of alkyl halides is 2. The molecule has 0 fully saturated rings. The average Bonchev–Trinajstić information content (AvgIpc) is 2.16. The first kappa shape index (κ1) is 11.6. The van der Waals surface area contributed by atoms with E-state index in [1.807, 2.05) is 0 Å². The minimum atomic E-state index is -0.726. The van der Waals surface area contributed by atoms with E-state index in [-0.39, 0.29) is 11.8 Å². The first-order valence-electron chi connectivity index (χ1n) is 3.90. The van der Waals surface area contributed by atoms with Gasteiger partial charge in [-0.15, -0.1) is 23.2 Å². The largest absolute Gasteiger partial charge is 0.325 e. The summed E-state index contributed by atoms with van der Waals surface area (Å²) in [5.74, 6) is -0.252. The van der Waals surface area contributed by atoms with Gasteiger partial charge in [0.2, 0.25) is 5.91 Å². The van der Waals surface area contributed by atoms with E-state index in [1.54, 1.807) is 24.3 Å². The lowest BCUT2D eigenvalue weighted by Crippen LogP contribution is -2.24. The number of carbonyl (C=O) groups excluding carboxylic acids is 1.